The van der Waals surface area contributed by atoms with Crippen LogP contribution >= 0.6 is 0 Å². The van der Waals surface area contributed by atoms with Gasteiger partial charge in [0.2, 0.25) is 0 Å². The predicted molar refractivity (Wildman–Crippen MR) is 73.6 cm³/mol. The molecular formula is C14H28N2O2. The lowest BCUT2D eigenvalue weighted by molar-refractivity contribution is -0.150. The first kappa shape index (κ1) is 15.4. The van der Waals surface area contributed by atoms with Crippen LogP contribution in [-0.2, 0) is 9.53 Å². The first-order valence-corrected chi connectivity index (χ1v) is 7.37. The molecule has 4 nitrogen and oxygen atoms in total. The number of rotatable bonds is 8. The number of esters is 1. The molecular weight excluding hydrogens is 228 g/mol. The summed E-state index contributed by atoms with van der Waals surface area (Å²) in [6.07, 6.45) is 4.13. The third-order valence-corrected chi connectivity index (χ3v) is 3.51. The molecule has 18 heavy (non-hydrogen) atoms. The van der Waals surface area contributed by atoms with E-state index in [9.17, 15) is 4.79 Å². The third-order valence-electron chi connectivity index (χ3n) is 3.51. The highest BCUT2D eigenvalue weighted by Gasteiger charge is 2.32. The minimum atomic E-state index is -0.0557. The molecule has 0 spiro atoms. The first-order valence-electron chi connectivity index (χ1n) is 7.37. The number of nitrogens with one attached hydrogen (secondary N) is 1. The number of hydrogen-bond acceptors (Lipinski definition) is 4. The van der Waals surface area contributed by atoms with Gasteiger partial charge in [-0.25, -0.2) is 0 Å². The Balaban J connectivity index is 2.71. The van der Waals surface area contributed by atoms with E-state index in [-0.39, 0.29) is 12.0 Å². The summed E-state index contributed by atoms with van der Waals surface area (Å²) in [6.45, 7) is 9.69. The minimum absolute atomic E-state index is 0.0419. The van der Waals surface area contributed by atoms with Crippen LogP contribution < -0.4 is 5.32 Å². The minimum Gasteiger partial charge on any atom is -0.465 e. The highest BCUT2D eigenvalue weighted by molar-refractivity contribution is 5.75. The van der Waals surface area contributed by atoms with Gasteiger partial charge in [0.15, 0.2) is 0 Å². The molecule has 0 bridgehead atoms. The number of carbonyl (C=O) groups is 1. The zero-order valence-corrected chi connectivity index (χ0v) is 12.1. The highest BCUT2D eigenvalue weighted by Crippen LogP contribution is 2.18. The van der Waals surface area contributed by atoms with Crippen LogP contribution in [0.1, 0.15) is 46.5 Å². The van der Waals surface area contributed by atoms with Crippen molar-refractivity contribution in [3.63, 3.8) is 0 Å². The standard InChI is InChI=1S/C14H28N2O2/c1-4-7-13(14(17)18-6-3)16(10-5-2)12-8-9-15-11-12/h12-13,15H,4-11H2,1-3H3. The molecule has 0 aromatic heterocycles. The molecule has 0 amide bonds. The van der Waals surface area contributed by atoms with Crippen molar-refractivity contribution in [2.24, 2.45) is 0 Å². The molecule has 1 aliphatic rings. The van der Waals surface area contributed by atoms with E-state index >= 15 is 0 Å². The average Bonchev–Trinajstić information content (AvgIpc) is 2.87. The van der Waals surface area contributed by atoms with Crippen molar-refractivity contribution in [1.29, 1.82) is 0 Å². The molecule has 2 unspecified atom stereocenters. The molecule has 1 saturated heterocycles. The van der Waals surface area contributed by atoms with Crippen LogP contribution in [0.2, 0.25) is 0 Å². The smallest absolute Gasteiger partial charge is 0.323 e. The van der Waals surface area contributed by atoms with Crippen molar-refractivity contribution in [1.82, 2.24) is 10.2 Å². The third kappa shape index (κ3) is 4.25. The predicted octanol–water partition coefficient (Wildman–Crippen LogP) is 1.79. The Kier molecular flexibility index (Phi) is 7.28. The zero-order valence-electron chi connectivity index (χ0n) is 12.1. The van der Waals surface area contributed by atoms with E-state index in [1.807, 2.05) is 6.92 Å². The fourth-order valence-electron chi connectivity index (χ4n) is 2.70. The molecule has 0 aliphatic carbocycles. The van der Waals surface area contributed by atoms with Crippen molar-refractivity contribution in [3.05, 3.63) is 0 Å². The quantitative estimate of drug-likeness (QED) is 0.672. The van der Waals surface area contributed by atoms with Crippen molar-refractivity contribution in [2.45, 2.75) is 58.5 Å². The SMILES string of the molecule is CCCC(C(=O)OCC)N(CCC)C1CCNC1. The van der Waals surface area contributed by atoms with Gasteiger partial charge in [0, 0.05) is 12.6 Å². The number of nitrogens with zero attached hydrogens (tertiary/aromatic N) is 1. The summed E-state index contributed by atoms with van der Waals surface area (Å²) in [4.78, 5) is 14.5. The molecule has 0 saturated carbocycles. The maximum atomic E-state index is 12.1. The van der Waals surface area contributed by atoms with Crippen LogP contribution in [0, 0.1) is 0 Å². The highest BCUT2D eigenvalue weighted by atomic mass is 16.5. The van der Waals surface area contributed by atoms with Crippen LogP contribution in [0.5, 0.6) is 0 Å². The maximum Gasteiger partial charge on any atom is 0.323 e. The Labute approximate surface area is 111 Å². The van der Waals surface area contributed by atoms with E-state index < -0.39 is 0 Å². The Morgan fingerprint density at radius 3 is 2.67 bits per heavy atom. The number of ether oxygens (including phenoxy) is 1. The molecule has 106 valence electrons. The summed E-state index contributed by atoms with van der Waals surface area (Å²) in [5.74, 6) is -0.0419. The largest absolute Gasteiger partial charge is 0.465 e. The van der Waals surface area contributed by atoms with Gasteiger partial charge < -0.3 is 10.1 Å². The van der Waals surface area contributed by atoms with Gasteiger partial charge in [-0.2, -0.15) is 0 Å². The lowest BCUT2D eigenvalue weighted by Crippen LogP contribution is -2.49. The zero-order chi connectivity index (χ0) is 13.4. The second kappa shape index (κ2) is 8.48. The van der Waals surface area contributed by atoms with Gasteiger partial charge in [-0.05, 0) is 39.3 Å². The van der Waals surface area contributed by atoms with Crippen molar-refractivity contribution in [2.75, 3.05) is 26.2 Å². The molecule has 2 atom stereocenters. The molecule has 1 N–H and O–H groups in total. The van der Waals surface area contributed by atoms with Crippen LogP contribution in [0.3, 0.4) is 0 Å². The Hall–Kier alpha value is -0.610. The van der Waals surface area contributed by atoms with Gasteiger partial charge in [-0.1, -0.05) is 20.3 Å². The summed E-state index contributed by atoms with van der Waals surface area (Å²) in [7, 11) is 0. The average molecular weight is 256 g/mol. The Morgan fingerprint density at radius 1 is 1.39 bits per heavy atom. The van der Waals surface area contributed by atoms with Gasteiger partial charge >= 0.3 is 5.97 Å². The molecule has 1 fully saturated rings. The van der Waals surface area contributed by atoms with E-state index in [0.717, 1.165) is 45.3 Å². The normalized spacial score (nSPS) is 21.2. The Morgan fingerprint density at radius 2 is 2.17 bits per heavy atom. The molecule has 0 aromatic rings. The molecule has 1 heterocycles. The summed E-state index contributed by atoms with van der Waals surface area (Å²) in [5, 5.41) is 3.39. The lowest BCUT2D eigenvalue weighted by Gasteiger charge is -2.34. The molecule has 0 radical (unpaired) electrons. The van der Waals surface area contributed by atoms with Crippen LogP contribution in [0.15, 0.2) is 0 Å². The van der Waals surface area contributed by atoms with Gasteiger partial charge in [-0.15, -0.1) is 0 Å². The Bertz CT molecular complexity index is 240. The van der Waals surface area contributed by atoms with Crippen LogP contribution in [0.4, 0.5) is 0 Å². The van der Waals surface area contributed by atoms with E-state index in [1.165, 1.54) is 0 Å². The van der Waals surface area contributed by atoms with Crippen LogP contribution in [0.25, 0.3) is 0 Å². The maximum absolute atomic E-state index is 12.1. The van der Waals surface area contributed by atoms with Gasteiger partial charge in [0.05, 0.1) is 6.61 Å². The summed E-state index contributed by atoms with van der Waals surface area (Å²) in [5.41, 5.74) is 0. The second-order valence-corrected chi connectivity index (χ2v) is 4.94. The van der Waals surface area contributed by atoms with Gasteiger partial charge in [0.25, 0.3) is 0 Å². The molecule has 1 rings (SSSR count). The molecule has 4 heteroatoms. The first-order chi connectivity index (χ1) is 8.74. The number of carbonyl (C=O) groups excluding carboxylic acids is 1. The van der Waals surface area contributed by atoms with Crippen LogP contribution in [-0.4, -0.2) is 49.2 Å². The summed E-state index contributed by atoms with van der Waals surface area (Å²) in [6, 6.07) is 0.436. The van der Waals surface area contributed by atoms with E-state index in [2.05, 4.69) is 24.1 Å². The summed E-state index contributed by atoms with van der Waals surface area (Å²) < 4.78 is 5.24. The molecule has 0 aromatic carbocycles. The van der Waals surface area contributed by atoms with E-state index in [4.69, 9.17) is 4.74 Å². The van der Waals surface area contributed by atoms with Crippen molar-refractivity contribution < 1.29 is 9.53 Å². The fraction of sp³-hybridized carbons (Fsp3) is 0.929. The second-order valence-electron chi connectivity index (χ2n) is 4.94. The molecule has 1 aliphatic heterocycles. The van der Waals surface area contributed by atoms with Gasteiger partial charge in [-0.3, -0.25) is 9.69 Å². The number of hydrogen-bond donors (Lipinski definition) is 1. The monoisotopic (exact) mass is 256 g/mol. The van der Waals surface area contributed by atoms with Gasteiger partial charge in [0.1, 0.15) is 6.04 Å². The summed E-state index contributed by atoms with van der Waals surface area (Å²) >= 11 is 0. The fourth-order valence-corrected chi connectivity index (χ4v) is 2.70. The van der Waals surface area contributed by atoms with E-state index in [1.54, 1.807) is 0 Å². The topological polar surface area (TPSA) is 41.6 Å². The lowest BCUT2D eigenvalue weighted by atomic mass is 10.1. The van der Waals surface area contributed by atoms with Crippen molar-refractivity contribution >= 4 is 5.97 Å². The van der Waals surface area contributed by atoms with Crippen molar-refractivity contribution in [3.8, 4) is 0 Å². The van der Waals surface area contributed by atoms with E-state index in [0.29, 0.717) is 12.6 Å².